The molecule has 2 heterocycles. The zero-order valence-corrected chi connectivity index (χ0v) is 17.5. The normalized spacial score (nSPS) is 24.8. The fourth-order valence-corrected chi connectivity index (χ4v) is 5.42. The van der Waals surface area contributed by atoms with Crippen LogP contribution in [0.3, 0.4) is 0 Å². The van der Waals surface area contributed by atoms with Gasteiger partial charge in [0.15, 0.2) is 6.80 Å². The van der Waals surface area contributed by atoms with Crippen LogP contribution in [0.15, 0.2) is 18.2 Å². The van der Waals surface area contributed by atoms with E-state index in [1.807, 2.05) is 24.9 Å². The average Bonchev–Trinajstić information content (AvgIpc) is 3.07. The van der Waals surface area contributed by atoms with Gasteiger partial charge in [-0.15, -0.1) is 0 Å². The van der Waals surface area contributed by atoms with Crippen LogP contribution in [0.1, 0.15) is 42.5 Å². The van der Waals surface area contributed by atoms with Crippen molar-refractivity contribution >= 4 is 16.8 Å². The molecular formula is C22H27F4N3O2. The SMILES string of the molecule is CC[C@@H](CO)NC(=O)[C@@H]1CC2c3cccc4c3c(c(C(F)(F)F)n4CF)C[C@H]2N(C)C1. The maximum Gasteiger partial charge on any atom is 0.431 e. The molecule has 2 N–H and O–H groups in total. The summed E-state index contributed by atoms with van der Waals surface area (Å²) >= 11 is 0. The van der Waals surface area contributed by atoms with E-state index in [0.717, 1.165) is 10.1 Å². The van der Waals surface area contributed by atoms with Gasteiger partial charge in [-0.3, -0.25) is 4.79 Å². The third-order valence-electron chi connectivity index (χ3n) is 6.93. The van der Waals surface area contributed by atoms with Crippen molar-refractivity contribution in [3.05, 3.63) is 35.0 Å². The highest BCUT2D eigenvalue weighted by atomic mass is 19.4. The molecule has 1 aliphatic carbocycles. The Morgan fingerprint density at radius 2 is 2.10 bits per heavy atom. The number of aliphatic hydroxyl groups excluding tert-OH is 1. The van der Waals surface area contributed by atoms with Gasteiger partial charge in [-0.1, -0.05) is 19.1 Å². The Morgan fingerprint density at radius 3 is 2.71 bits per heavy atom. The van der Waals surface area contributed by atoms with Crippen molar-refractivity contribution in [2.45, 2.75) is 57.2 Å². The molecule has 2 aromatic rings. The number of hydrogen-bond acceptors (Lipinski definition) is 3. The number of hydrogen-bond donors (Lipinski definition) is 2. The van der Waals surface area contributed by atoms with E-state index in [2.05, 4.69) is 5.32 Å². The Kier molecular flexibility index (Phi) is 5.76. The van der Waals surface area contributed by atoms with Gasteiger partial charge >= 0.3 is 6.18 Å². The van der Waals surface area contributed by atoms with Gasteiger partial charge in [-0.25, -0.2) is 4.39 Å². The summed E-state index contributed by atoms with van der Waals surface area (Å²) in [6.45, 7) is 0.910. The van der Waals surface area contributed by atoms with Crippen LogP contribution < -0.4 is 5.32 Å². The number of fused-ring (bicyclic) bond motifs is 2. The predicted octanol–water partition coefficient (Wildman–Crippen LogP) is 3.43. The lowest BCUT2D eigenvalue weighted by Crippen LogP contribution is -2.52. The van der Waals surface area contributed by atoms with Crippen molar-refractivity contribution in [2.24, 2.45) is 5.92 Å². The van der Waals surface area contributed by atoms with Gasteiger partial charge in [0, 0.05) is 23.9 Å². The van der Waals surface area contributed by atoms with Crippen molar-refractivity contribution < 1.29 is 27.5 Å². The Morgan fingerprint density at radius 1 is 1.35 bits per heavy atom. The molecule has 1 amide bonds. The second-order valence-corrected chi connectivity index (χ2v) is 8.66. The van der Waals surface area contributed by atoms with Crippen molar-refractivity contribution in [2.75, 3.05) is 20.2 Å². The number of rotatable bonds is 5. The number of carbonyl (C=O) groups excluding carboxylic acids is 1. The zero-order valence-electron chi connectivity index (χ0n) is 17.5. The summed E-state index contributed by atoms with van der Waals surface area (Å²) in [5.74, 6) is -0.619. The topological polar surface area (TPSA) is 57.5 Å². The molecule has 0 bridgehead atoms. The average molecular weight is 441 g/mol. The molecule has 1 fully saturated rings. The molecule has 0 saturated carbocycles. The van der Waals surface area contributed by atoms with Crippen LogP contribution in [0.4, 0.5) is 17.6 Å². The number of piperidine rings is 1. The quantitative estimate of drug-likeness (QED) is 0.699. The van der Waals surface area contributed by atoms with E-state index in [0.29, 0.717) is 24.8 Å². The van der Waals surface area contributed by atoms with E-state index < -0.39 is 18.7 Å². The van der Waals surface area contributed by atoms with Crippen molar-refractivity contribution in [1.29, 1.82) is 0 Å². The van der Waals surface area contributed by atoms with Crippen molar-refractivity contribution in [3.8, 4) is 0 Å². The van der Waals surface area contributed by atoms with Gasteiger partial charge in [0.25, 0.3) is 0 Å². The van der Waals surface area contributed by atoms with Gasteiger partial charge in [-0.2, -0.15) is 13.2 Å². The molecule has 4 atom stereocenters. The van der Waals surface area contributed by atoms with E-state index in [-0.39, 0.29) is 53.9 Å². The molecule has 1 saturated heterocycles. The number of nitrogens with zero attached hydrogens (tertiary/aromatic N) is 2. The third kappa shape index (κ3) is 3.61. The largest absolute Gasteiger partial charge is 0.431 e. The maximum atomic E-state index is 13.9. The first-order chi connectivity index (χ1) is 14.7. The van der Waals surface area contributed by atoms with Gasteiger partial charge in [0.2, 0.25) is 5.91 Å². The second kappa shape index (κ2) is 8.09. The van der Waals surface area contributed by atoms with Crippen molar-refractivity contribution in [3.63, 3.8) is 0 Å². The van der Waals surface area contributed by atoms with E-state index in [1.165, 1.54) is 6.07 Å². The minimum Gasteiger partial charge on any atom is -0.394 e. The van der Waals surface area contributed by atoms with Crippen LogP contribution in [0.5, 0.6) is 0 Å². The molecule has 2 aliphatic rings. The minimum atomic E-state index is -4.65. The van der Waals surface area contributed by atoms with Gasteiger partial charge in [0.1, 0.15) is 5.69 Å². The summed E-state index contributed by atoms with van der Waals surface area (Å²) in [5.41, 5.74) is 0.248. The highest BCUT2D eigenvalue weighted by molar-refractivity contribution is 5.91. The van der Waals surface area contributed by atoms with Gasteiger partial charge in [-0.05, 0) is 43.5 Å². The first kappa shape index (κ1) is 22.1. The Bertz CT molecular complexity index is 983. The number of aliphatic hydroxyl groups is 1. The van der Waals surface area contributed by atoms with E-state index in [1.54, 1.807) is 6.07 Å². The number of alkyl halides is 4. The standard InChI is InChI=1S/C22H27F4N3O2/c1-3-13(10-30)27-21(31)12-7-15-14-5-4-6-17-19(14)16(8-18(15)28(2)9-12)20(22(24,25)26)29(17)11-23/h4-6,12-13,15,18,30H,3,7-11H2,1-2H3,(H,27,31)/t12-,13+,15?,18-/m1/s1. The van der Waals surface area contributed by atoms with E-state index >= 15 is 0 Å². The summed E-state index contributed by atoms with van der Waals surface area (Å²) in [7, 11) is 1.82. The van der Waals surface area contributed by atoms with E-state index in [9.17, 15) is 27.5 Å². The molecule has 4 rings (SSSR count). The van der Waals surface area contributed by atoms with Crippen LogP contribution in [0.25, 0.3) is 10.9 Å². The van der Waals surface area contributed by atoms with Crippen LogP contribution in [-0.4, -0.2) is 52.8 Å². The summed E-state index contributed by atoms with van der Waals surface area (Å²) < 4.78 is 56.1. The van der Waals surface area contributed by atoms with Crippen LogP contribution in [0, 0.1) is 5.92 Å². The Labute approximate surface area is 178 Å². The number of halogens is 4. The lowest BCUT2D eigenvalue weighted by atomic mass is 9.72. The molecule has 0 radical (unpaired) electrons. The summed E-state index contributed by atoms with van der Waals surface area (Å²) in [5, 5.41) is 12.7. The van der Waals surface area contributed by atoms with Crippen molar-refractivity contribution in [1.82, 2.24) is 14.8 Å². The first-order valence-corrected chi connectivity index (χ1v) is 10.6. The van der Waals surface area contributed by atoms with Crippen LogP contribution >= 0.6 is 0 Å². The molecule has 5 nitrogen and oxygen atoms in total. The van der Waals surface area contributed by atoms with Gasteiger partial charge in [0.05, 0.1) is 24.1 Å². The fraction of sp³-hybridized carbons (Fsp3) is 0.591. The number of likely N-dealkylation sites (tertiary alicyclic amines) is 1. The Hall–Kier alpha value is -2.13. The molecule has 170 valence electrons. The highest BCUT2D eigenvalue weighted by Crippen LogP contribution is 2.49. The number of aromatic nitrogens is 1. The number of amides is 1. The van der Waals surface area contributed by atoms with Crippen LogP contribution in [-0.2, 0) is 24.2 Å². The molecule has 1 aromatic carbocycles. The summed E-state index contributed by atoms with van der Waals surface area (Å²) in [6.07, 6.45) is -3.38. The number of nitrogens with one attached hydrogen (secondary N) is 1. The molecule has 1 aliphatic heterocycles. The van der Waals surface area contributed by atoms with Crippen LogP contribution in [0.2, 0.25) is 0 Å². The first-order valence-electron chi connectivity index (χ1n) is 10.6. The highest BCUT2D eigenvalue weighted by Gasteiger charge is 2.46. The molecule has 1 unspecified atom stereocenters. The number of carbonyl (C=O) groups is 1. The monoisotopic (exact) mass is 441 g/mol. The molecular weight excluding hydrogens is 414 g/mol. The van der Waals surface area contributed by atoms with E-state index in [4.69, 9.17) is 0 Å². The molecule has 31 heavy (non-hydrogen) atoms. The number of benzene rings is 1. The maximum absolute atomic E-state index is 13.9. The van der Waals surface area contributed by atoms with Gasteiger partial charge < -0.3 is 19.9 Å². The smallest absolute Gasteiger partial charge is 0.394 e. The zero-order chi connectivity index (χ0) is 22.5. The molecule has 1 aromatic heterocycles. The Balaban J connectivity index is 1.76. The fourth-order valence-electron chi connectivity index (χ4n) is 5.42. The second-order valence-electron chi connectivity index (χ2n) is 8.66. The predicted molar refractivity (Wildman–Crippen MR) is 108 cm³/mol. The lowest BCUT2D eigenvalue weighted by Gasteiger charge is -2.45. The number of likely N-dealkylation sites (N-methyl/N-ethyl adjacent to an activating group) is 1. The third-order valence-corrected chi connectivity index (χ3v) is 6.93. The molecule has 9 heteroatoms. The molecule has 0 spiro atoms. The summed E-state index contributed by atoms with van der Waals surface area (Å²) in [4.78, 5) is 14.8. The lowest BCUT2D eigenvalue weighted by molar-refractivity contribution is -0.144. The minimum absolute atomic E-state index is 0.128. The summed E-state index contributed by atoms with van der Waals surface area (Å²) in [6, 6.07) is 4.49.